The summed E-state index contributed by atoms with van der Waals surface area (Å²) in [5.74, 6) is 0.852. The van der Waals surface area contributed by atoms with Crippen molar-refractivity contribution in [2.75, 3.05) is 11.1 Å². The number of aromatic nitrogens is 4. The molecule has 0 bridgehead atoms. The van der Waals surface area contributed by atoms with Crippen LogP contribution >= 0.6 is 57.6 Å². The van der Waals surface area contributed by atoms with Crippen LogP contribution in [0.1, 0.15) is 24.8 Å². The third kappa shape index (κ3) is 5.18. The molecule has 1 N–H and O–H groups in total. The number of aryl methyl sites for hydroxylation is 1. The molecule has 0 saturated carbocycles. The lowest BCUT2D eigenvalue weighted by atomic mass is 10.2. The monoisotopic (exact) mass is 523 g/mol. The van der Waals surface area contributed by atoms with Crippen LogP contribution in [0.4, 0.5) is 5.13 Å². The minimum atomic E-state index is -0.163. The normalized spacial score (nSPS) is 11.3. The molecule has 0 spiro atoms. The van der Waals surface area contributed by atoms with E-state index < -0.39 is 0 Å². The second kappa shape index (κ2) is 9.93. The summed E-state index contributed by atoms with van der Waals surface area (Å²) in [4.78, 5) is 18.2. The first-order valence-electron chi connectivity index (χ1n) is 9.66. The van der Waals surface area contributed by atoms with Gasteiger partial charge in [-0.1, -0.05) is 35.0 Å². The molecule has 0 aliphatic carbocycles. The lowest BCUT2D eigenvalue weighted by molar-refractivity contribution is -0.113. The van der Waals surface area contributed by atoms with Crippen LogP contribution in [0.5, 0.6) is 0 Å². The van der Waals surface area contributed by atoms with E-state index in [4.69, 9.17) is 23.2 Å². The summed E-state index contributed by atoms with van der Waals surface area (Å²) in [5, 5.41) is 17.8. The van der Waals surface area contributed by atoms with Crippen LogP contribution in [0.3, 0.4) is 0 Å². The van der Waals surface area contributed by atoms with Crippen molar-refractivity contribution in [3.63, 3.8) is 0 Å². The van der Waals surface area contributed by atoms with Crippen LogP contribution in [-0.4, -0.2) is 31.4 Å². The van der Waals surface area contributed by atoms with Crippen molar-refractivity contribution in [3.8, 4) is 22.6 Å². The lowest BCUT2D eigenvalue weighted by Gasteiger charge is -2.12. The molecule has 3 heterocycles. The van der Waals surface area contributed by atoms with Crippen molar-refractivity contribution in [3.05, 3.63) is 49.9 Å². The molecule has 6 nitrogen and oxygen atoms in total. The Balaban J connectivity index is 1.43. The number of hydrogen-bond donors (Lipinski definition) is 1. The number of rotatable bonds is 7. The molecule has 1 amide bonds. The first-order valence-corrected chi connectivity index (χ1v) is 13.2. The second-order valence-corrected chi connectivity index (χ2v) is 11.0. The largest absolute Gasteiger partial charge is 0.301 e. The van der Waals surface area contributed by atoms with E-state index in [1.807, 2.05) is 11.4 Å². The van der Waals surface area contributed by atoms with E-state index in [0.717, 1.165) is 17.0 Å². The molecule has 11 heteroatoms. The van der Waals surface area contributed by atoms with Crippen LogP contribution in [-0.2, 0) is 4.79 Å². The summed E-state index contributed by atoms with van der Waals surface area (Å²) in [6.45, 7) is 6.22. The summed E-state index contributed by atoms with van der Waals surface area (Å²) in [5.41, 5.74) is 2.50. The van der Waals surface area contributed by atoms with E-state index >= 15 is 0 Å². The first kappa shape index (κ1) is 23.3. The summed E-state index contributed by atoms with van der Waals surface area (Å²) in [6.07, 6.45) is 0. The van der Waals surface area contributed by atoms with E-state index in [1.54, 1.807) is 23.5 Å². The van der Waals surface area contributed by atoms with Crippen LogP contribution in [0.15, 0.2) is 40.2 Å². The molecule has 0 radical (unpaired) electrons. The summed E-state index contributed by atoms with van der Waals surface area (Å²) < 4.78 is 2.06. The van der Waals surface area contributed by atoms with Crippen molar-refractivity contribution >= 4 is 68.7 Å². The van der Waals surface area contributed by atoms with Gasteiger partial charge >= 0.3 is 0 Å². The predicted molar refractivity (Wildman–Crippen MR) is 135 cm³/mol. The van der Waals surface area contributed by atoms with E-state index in [-0.39, 0.29) is 17.7 Å². The number of thiophene rings is 1. The molecule has 0 fully saturated rings. The van der Waals surface area contributed by atoms with Gasteiger partial charge in [-0.15, -0.1) is 32.9 Å². The van der Waals surface area contributed by atoms with Gasteiger partial charge in [-0.05, 0) is 45.0 Å². The quantitative estimate of drug-likeness (QED) is 0.262. The highest BCUT2D eigenvalue weighted by Crippen LogP contribution is 2.33. The van der Waals surface area contributed by atoms with Gasteiger partial charge in [-0.25, -0.2) is 4.98 Å². The van der Waals surface area contributed by atoms with Crippen LogP contribution in [0.2, 0.25) is 10.0 Å². The molecule has 4 aromatic rings. The number of thioether (sulfide) groups is 1. The topological polar surface area (TPSA) is 72.7 Å². The summed E-state index contributed by atoms with van der Waals surface area (Å²) in [7, 11) is 0. The molecule has 3 aromatic heterocycles. The Morgan fingerprint density at radius 3 is 2.69 bits per heavy atom. The Bertz CT molecular complexity index is 1260. The Hall–Kier alpha value is -1.91. The van der Waals surface area contributed by atoms with Crippen molar-refractivity contribution in [1.29, 1.82) is 0 Å². The molecule has 4 rings (SSSR count). The van der Waals surface area contributed by atoms with Gasteiger partial charge in [-0.2, -0.15) is 0 Å². The van der Waals surface area contributed by atoms with E-state index in [1.165, 1.54) is 28.0 Å². The van der Waals surface area contributed by atoms with Crippen LogP contribution in [0, 0.1) is 6.92 Å². The molecule has 1 aromatic carbocycles. The highest BCUT2D eigenvalue weighted by atomic mass is 35.5. The Labute approximate surface area is 208 Å². The fourth-order valence-corrected chi connectivity index (χ4v) is 5.82. The van der Waals surface area contributed by atoms with Crippen molar-refractivity contribution < 1.29 is 4.79 Å². The van der Waals surface area contributed by atoms with Crippen molar-refractivity contribution in [1.82, 2.24) is 19.7 Å². The molecule has 0 unspecified atom stereocenters. The van der Waals surface area contributed by atoms with Gasteiger partial charge in [0.05, 0.1) is 16.5 Å². The number of amides is 1. The number of halogens is 2. The number of nitrogens with zero attached hydrogens (tertiary/aromatic N) is 4. The molecule has 0 saturated heterocycles. The smallest absolute Gasteiger partial charge is 0.236 e. The van der Waals surface area contributed by atoms with Gasteiger partial charge in [0.1, 0.15) is 0 Å². The van der Waals surface area contributed by atoms with Crippen LogP contribution < -0.4 is 5.32 Å². The van der Waals surface area contributed by atoms with E-state index in [0.29, 0.717) is 26.0 Å². The number of carbonyl (C=O) groups is 1. The number of thiazole rings is 1. The fourth-order valence-electron chi connectivity index (χ4n) is 3.04. The van der Waals surface area contributed by atoms with Gasteiger partial charge in [0.15, 0.2) is 16.1 Å². The molecule has 166 valence electrons. The SMILES string of the molecule is Cc1cc(-c2nnc(SCC(=O)Nc3nc(-c4ccc(Cl)cc4Cl)cs3)n2C(C)C)cs1. The van der Waals surface area contributed by atoms with Gasteiger partial charge < -0.3 is 5.32 Å². The molecule has 0 aliphatic rings. The number of benzene rings is 1. The first-order chi connectivity index (χ1) is 15.3. The molecular weight excluding hydrogens is 505 g/mol. The fraction of sp³-hybridized carbons (Fsp3) is 0.238. The maximum atomic E-state index is 12.5. The minimum Gasteiger partial charge on any atom is -0.301 e. The van der Waals surface area contributed by atoms with E-state index in [9.17, 15) is 4.79 Å². The third-order valence-electron chi connectivity index (χ3n) is 4.46. The van der Waals surface area contributed by atoms with Gasteiger partial charge in [-0.3, -0.25) is 9.36 Å². The average Bonchev–Trinajstić information content (AvgIpc) is 3.46. The highest BCUT2D eigenvalue weighted by Gasteiger charge is 2.19. The van der Waals surface area contributed by atoms with E-state index in [2.05, 4.69) is 57.3 Å². The maximum absolute atomic E-state index is 12.5. The minimum absolute atomic E-state index is 0.163. The molecule has 0 aliphatic heterocycles. The Morgan fingerprint density at radius 2 is 2.00 bits per heavy atom. The van der Waals surface area contributed by atoms with Gasteiger partial charge in [0.2, 0.25) is 5.91 Å². The Morgan fingerprint density at radius 1 is 1.19 bits per heavy atom. The maximum Gasteiger partial charge on any atom is 0.236 e. The zero-order valence-corrected chi connectivity index (χ0v) is 21.4. The number of nitrogens with one attached hydrogen (secondary N) is 1. The standard InChI is InChI=1S/C21H19Cl2N5OS3/c1-11(2)28-19(13-6-12(3)30-8-13)26-27-21(28)32-10-18(29)25-20-24-17(9-31-20)15-5-4-14(22)7-16(15)23/h4-9,11H,10H2,1-3H3,(H,24,25,29). The highest BCUT2D eigenvalue weighted by molar-refractivity contribution is 7.99. The van der Waals surface area contributed by atoms with Gasteiger partial charge in [0.25, 0.3) is 0 Å². The van der Waals surface area contributed by atoms with Crippen LogP contribution in [0.25, 0.3) is 22.6 Å². The molecule has 0 atom stereocenters. The lowest BCUT2D eigenvalue weighted by Crippen LogP contribution is -2.15. The number of carbonyl (C=O) groups excluding carboxylic acids is 1. The third-order valence-corrected chi connectivity index (χ3v) is 7.57. The zero-order chi connectivity index (χ0) is 22.8. The number of hydrogen-bond acceptors (Lipinski definition) is 7. The summed E-state index contributed by atoms with van der Waals surface area (Å²) >= 11 is 16.6. The second-order valence-electron chi connectivity index (χ2n) is 7.21. The zero-order valence-electron chi connectivity index (χ0n) is 17.4. The average molecular weight is 525 g/mol. The summed E-state index contributed by atoms with van der Waals surface area (Å²) in [6, 6.07) is 7.50. The Kier molecular flexibility index (Phi) is 7.21. The number of anilines is 1. The van der Waals surface area contributed by atoms with Crippen molar-refractivity contribution in [2.45, 2.75) is 32.0 Å². The molecular formula is C21H19Cl2N5OS3. The molecule has 32 heavy (non-hydrogen) atoms. The van der Waals surface area contributed by atoms with Gasteiger partial charge in [0, 0.05) is 37.8 Å². The predicted octanol–water partition coefficient (Wildman–Crippen LogP) is 7.06. The van der Waals surface area contributed by atoms with Crippen molar-refractivity contribution in [2.24, 2.45) is 0 Å².